The molecule has 42 heavy (non-hydrogen) atoms. The van der Waals surface area contributed by atoms with Crippen LogP contribution in [0.15, 0.2) is 54.6 Å². The molecule has 1 atom stereocenters. The van der Waals surface area contributed by atoms with Gasteiger partial charge in [0.05, 0.1) is 35.5 Å². The van der Waals surface area contributed by atoms with E-state index in [4.69, 9.17) is 14.7 Å². The van der Waals surface area contributed by atoms with Gasteiger partial charge in [-0.1, -0.05) is 18.2 Å². The highest BCUT2D eigenvalue weighted by Gasteiger charge is 2.24. The Morgan fingerprint density at radius 3 is 2.55 bits per heavy atom. The number of benzene rings is 2. The summed E-state index contributed by atoms with van der Waals surface area (Å²) in [7, 11) is 0. The number of halogens is 3. The van der Waals surface area contributed by atoms with Gasteiger partial charge in [0.25, 0.3) is 5.88 Å². The number of aromatic carboxylic acids is 1. The van der Waals surface area contributed by atoms with Gasteiger partial charge in [-0.15, -0.1) is 11.3 Å². The van der Waals surface area contributed by atoms with E-state index < -0.39 is 23.4 Å². The van der Waals surface area contributed by atoms with Crippen molar-refractivity contribution in [2.24, 2.45) is 0 Å². The lowest BCUT2D eigenvalue weighted by molar-refractivity contribution is -0.0589. The third kappa shape index (κ3) is 5.44. The highest BCUT2D eigenvalue weighted by Crippen LogP contribution is 2.31. The zero-order chi connectivity index (χ0) is 29.4. The number of nitriles is 1. The van der Waals surface area contributed by atoms with Crippen LogP contribution in [-0.4, -0.2) is 38.3 Å². The number of hydrogen-bond donors (Lipinski definition) is 1. The number of fused-ring (bicyclic) bond motifs is 1. The first-order valence-electron chi connectivity index (χ1n) is 12.9. The molecule has 1 aliphatic rings. The number of hydrogen-bond acceptors (Lipinski definition) is 7. The molecule has 0 bridgehead atoms. The minimum absolute atomic E-state index is 0.0177. The van der Waals surface area contributed by atoms with E-state index in [1.165, 1.54) is 24.3 Å². The number of carboxylic acid groups (broad SMARTS) is 1. The first-order valence-corrected chi connectivity index (χ1v) is 13.7. The molecule has 4 heterocycles. The van der Waals surface area contributed by atoms with Crippen LogP contribution in [0.1, 0.15) is 38.6 Å². The van der Waals surface area contributed by atoms with Gasteiger partial charge in [0, 0.05) is 24.2 Å². The molecule has 0 radical (unpaired) electrons. The normalized spacial score (nSPS) is 14.5. The number of carboxylic acids is 1. The van der Waals surface area contributed by atoms with Crippen molar-refractivity contribution >= 4 is 27.7 Å². The summed E-state index contributed by atoms with van der Waals surface area (Å²) in [5, 5.41) is 18.3. The summed E-state index contributed by atoms with van der Waals surface area (Å²) in [4.78, 5) is 21.0. The van der Waals surface area contributed by atoms with Crippen molar-refractivity contribution < 1.29 is 32.5 Å². The lowest BCUT2D eigenvalue weighted by atomic mass is 10.0. The van der Waals surface area contributed by atoms with Crippen LogP contribution in [0.25, 0.3) is 21.6 Å². The lowest BCUT2D eigenvalue weighted by Gasteiger charge is -2.27. The molecule has 12 heteroatoms. The minimum Gasteiger partial charge on any atom is -0.477 e. The number of carbonyl (C=O) groups is 1. The molecule has 1 aliphatic heterocycles. The Morgan fingerprint density at radius 2 is 1.86 bits per heavy atom. The first-order chi connectivity index (χ1) is 20.3. The van der Waals surface area contributed by atoms with E-state index in [1.54, 1.807) is 18.2 Å². The Balaban J connectivity index is 1.23. The molecule has 3 aromatic heterocycles. The van der Waals surface area contributed by atoms with Gasteiger partial charge < -0.3 is 19.1 Å². The molecular formula is C30H21F3N4O4S. The van der Waals surface area contributed by atoms with Gasteiger partial charge in [0.15, 0.2) is 5.82 Å². The largest absolute Gasteiger partial charge is 0.477 e. The molecule has 1 N–H and O–H groups in total. The fourth-order valence-electron chi connectivity index (χ4n) is 4.62. The predicted molar refractivity (Wildman–Crippen MR) is 147 cm³/mol. The fourth-order valence-corrected chi connectivity index (χ4v) is 5.51. The summed E-state index contributed by atoms with van der Waals surface area (Å²) in [5.41, 5.74) is 1.93. The topological polar surface area (TPSA) is 110 Å². The van der Waals surface area contributed by atoms with Crippen LogP contribution in [0, 0.1) is 28.8 Å². The molecule has 1 fully saturated rings. The number of rotatable bonds is 9. The maximum Gasteiger partial charge on any atom is 0.346 e. The van der Waals surface area contributed by atoms with Crippen LogP contribution in [0.5, 0.6) is 5.88 Å². The fraction of sp³-hybridized carbons (Fsp3) is 0.200. The van der Waals surface area contributed by atoms with E-state index >= 15 is 4.39 Å². The Kier molecular flexibility index (Phi) is 7.36. The third-order valence-corrected chi connectivity index (χ3v) is 7.98. The van der Waals surface area contributed by atoms with Crippen molar-refractivity contribution in [1.29, 1.82) is 5.26 Å². The van der Waals surface area contributed by atoms with Crippen LogP contribution in [0.2, 0.25) is 0 Å². The zero-order valence-electron chi connectivity index (χ0n) is 21.8. The summed E-state index contributed by atoms with van der Waals surface area (Å²) in [6.45, 7) is 0.826. The highest BCUT2D eigenvalue weighted by molar-refractivity contribution is 7.20. The molecule has 6 rings (SSSR count). The monoisotopic (exact) mass is 590 g/mol. The van der Waals surface area contributed by atoms with Gasteiger partial charge in [-0.25, -0.2) is 27.9 Å². The Bertz CT molecular complexity index is 1880. The summed E-state index contributed by atoms with van der Waals surface area (Å²) in [6.07, 6.45) is 1.01. The van der Waals surface area contributed by atoms with Crippen LogP contribution >= 0.6 is 11.3 Å². The quantitative estimate of drug-likeness (QED) is 0.221. The Morgan fingerprint density at radius 1 is 1.07 bits per heavy atom. The summed E-state index contributed by atoms with van der Waals surface area (Å²) < 4.78 is 56.9. The molecule has 5 aromatic rings. The maximum absolute atomic E-state index is 15.4. The molecule has 1 saturated heterocycles. The van der Waals surface area contributed by atoms with E-state index in [9.17, 15) is 18.7 Å². The van der Waals surface area contributed by atoms with E-state index in [-0.39, 0.29) is 46.7 Å². The van der Waals surface area contributed by atoms with E-state index in [0.717, 1.165) is 29.9 Å². The zero-order valence-corrected chi connectivity index (χ0v) is 22.6. The van der Waals surface area contributed by atoms with E-state index in [2.05, 4.69) is 9.97 Å². The standard InChI is InChI=1S/C30H21F3N4O4S/c31-21-5-6-24(35-28(21)41-15-19-2-1-16(13-34)9-22(19)32)18-4-3-17(23(33)10-18)11-27-36-29-25(12-26(42-29)30(38)39)37(27)14-20-7-8-40-20/h1-6,9-10,12,20H,7-8,11,14-15H2,(H,38,39). The Hall–Kier alpha value is -4.73. The molecule has 0 spiro atoms. The SMILES string of the molecule is N#Cc1ccc(COc2nc(-c3ccc(Cc4nc5sc(C(=O)O)cc5n4CC4CCO4)c(F)c3)ccc2F)c(F)c1. The van der Waals surface area contributed by atoms with Gasteiger partial charge in [0.1, 0.15) is 33.8 Å². The van der Waals surface area contributed by atoms with Crippen molar-refractivity contribution in [3.63, 3.8) is 0 Å². The lowest BCUT2D eigenvalue weighted by Crippen LogP contribution is -2.31. The van der Waals surface area contributed by atoms with Crippen molar-refractivity contribution in [2.75, 3.05) is 6.61 Å². The number of pyridine rings is 1. The smallest absolute Gasteiger partial charge is 0.346 e. The molecule has 8 nitrogen and oxygen atoms in total. The minimum atomic E-state index is -1.03. The van der Waals surface area contributed by atoms with Gasteiger partial charge in [0.2, 0.25) is 0 Å². The molecule has 2 aromatic carbocycles. The molecule has 212 valence electrons. The Labute approximate surface area is 241 Å². The van der Waals surface area contributed by atoms with Crippen molar-refractivity contribution in [3.05, 3.63) is 99.4 Å². The van der Waals surface area contributed by atoms with Gasteiger partial charge in [-0.3, -0.25) is 0 Å². The summed E-state index contributed by atoms with van der Waals surface area (Å²) in [6, 6.07) is 14.3. The van der Waals surface area contributed by atoms with Gasteiger partial charge in [-0.05, 0) is 48.4 Å². The number of imidazole rings is 1. The van der Waals surface area contributed by atoms with Crippen LogP contribution in [-0.2, 0) is 24.3 Å². The second-order valence-electron chi connectivity index (χ2n) is 9.70. The van der Waals surface area contributed by atoms with Crippen LogP contribution < -0.4 is 4.74 Å². The van der Waals surface area contributed by atoms with E-state index in [0.29, 0.717) is 40.5 Å². The second kappa shape index (κ2) is 11.3. The molecule has 1 unspecified atom stereocenters. The molecule has 0 saturated carbocycles. The average Bonchev–Trinajstić information content (AvgIpc) is 3.50. The van der Waals surface area contributed by atoms with Crippen molar-refractivity contribution in [1.82, 2.24) is 14.5 Å². The summed E-state index contributed by atoms with van der Waals surface area (Å²) in [5.74, 6) is -2.77. The van der Waals surface area contributed by atoms with Crippen LogP contribution in [0.4, 0.5) is 13.2 Å². The highest BCUT2D eigenvalue weighted by atomic mass is 32.1. The second-order valence-corrected chi connectivity index (χ2v) is 10.7. The average molecular weight is 591 g/mol. The molecular weight excluding hydrogens is 569 g/mol. The van der Waals surface area contributed by atoms with Crippen molar-refractivity contribution in [2.45, 2.75) is 32.1 Å². The maximum atomic E-state index is 15.4. The van der Waals surface area contributed by atoms with E-state index in [1.807, 2.05) is 10.6 Å². The van der Waals surface area contributed by atoms with Crippen LogP contribution in [0.3, 0.4) is 0 Å². The number of thiophene rings is 1. The number of ether oxygens (including phenoxy) is 2. The first kappa shape index (κ1) is 27.4. The number of aromatic nitrogens is 3. The van der Waals surface area contributed by atoms with Crippen molar-refractivity contribution in [3.8, 4) is 23.2 Å². The third-order valence-electron chi connectivity index (χ3n) is 6.97. The van der Waals surface area contributed by atoms with Gasteiger partial charge >= 0.3 is 5.97 Å². The molecule has 0 aliphatic carbocycles. The predicted octanol–water partition coefficient (Wildman–Crippen LogP) is 6.11. The van der Waals surface area contributed by atoms with Gasteiger partial charge in [-0.2, -0.15) is 5.26 Å². The summed E-state index contributed by atoms with van der Waals surface area (Å²) >= 11 is 1.06. The number of nitrogens with zero attached hydrogens (tertiary/aromatic N) is 4. The molecule has 0 amide bonds.